The lowest BCUT2D eigenvalue weighted by molar-refractivity contribution is 0.0696. The molecular weight excluding hydrogens is 243 g/mol. The Labute approximate surface area is 104 Å². The van der Waals surface area contributed by atoms with Crippen LogP contribution in [-0.4, -0.2) is 49.5 Å². The molecule has 0 saturated heterocycles. The van der Waals surface area contributed by atoms with E-state index in [1.807, 2.05) is 0 Å². The molecule has 0 saturated carbocycles. The minimum Gasteiger partial charge on any atom is -0.478 e. The van der Waals surface area contributed by atoms with Gasteiger partial charge in [-0.1, -0.05) is 0 Å². The van der Waals surface area contributed by atoms with Crippen molar-refractivity contribution in [3.05, 3.63) is 23.6 Å². The molecule has 6 nitrogen and oxygen atoms in total. The summed E-state index contributed by atoms with van der Waals surface area (Å²) in [5, 5.41) is 11.6. The molecule has 1 aromatic rings. The molecule has 1 rings (SSSR count). The van der Waals surface area contributed by atoms with Gasteiger partial charge in [-0.2, -0.15) is 0 Å². The first-order valence-electron chi connectivity index (χ1n) is 5.34. The third kappa shape index (κ3) is 4.64. The molecule has 0 aliphatic rings. The second kappa shape index (κ2) is 7.57. The van der Waals surface area contributed by atoms with E-state index in [2.05, 4.69) is 10.3 Å². The summed E-state index contributed by atoms with van der Waals surface area (Å²) in [7, 11) is 1.57. The molecule has 0 aromatic carbocycles. The fourth-order valence-corrected chi connectivity index (χ4v) is 1.23. The van der Waals surface area contributed by atoms with Gasteiger partial charge in [-0.25, -0.2) is 14.2 Å². The number of rotatable bonds is 8. The Bertz CT molecular complexity index is 401. The van der Waals surface area contributed by atoms with Crippen molar-refractivity contribution in [2.75, 3.05) is 38.8 Å². The molecule has 0 fully saturated rings. The van der Waals surface area contributed by atoms with E-state index in [1.165, 1.54) is 0 Å². The van der Waals surface area contributed by atoms with E-state index in [-0.39, 0.29) is 11.4 Å². The Morgan fingerprint density at radius 2 is 2.28 bits per heavy atom. The van der Waals surface area contributed by atoms with Crippen LogP contribution in [0.15, 0.2) is 12.3 Å². The van der Waals surface area contributed by atoms with Gasteiger partial charge in [0.15, 0.2) is 0 Å². The average molecular weight is 258 g/mol. The van der Waals surface area contributed by atoms with Crippen LogP contribution in [0.3, 0.4) is 0 Å². The normalized spacial score (nSPS) is 10.3. The van der Waals surface area contributed by atoms with E-state index in [4.69, 9.17) is 14.6 Å². The second-order valence-electron chi connectivity index (χ2n) is 3.39. The molecule has 0 bridgehead atoms. The predicted octanol–water partition coefficient (Wildman–Crippen LogP) is 0.994. The summed E-state index contributed by atoms with van der Waals surface area (Å²) in [6.07, 6.45) is 0.959. The number of nitrogens with zero attached hydrogens (tertiary/aromatic N) is 1. The zero-order valence-electron chi connectivity index (χ0n) is 9.98. The van der Waals surface area contributed by atoms with Crippen LogP contribution in [-0.2, 0) is 9.47 Å². The van der Waals surface area contributed by atoms with Crippen molar-refractivity contribution >= 4 is 11.8 Å². The topological polar surface area (TPSA) is 80.7 Å². The number of hydrogen-bond acceptors (Lipinski definition) is 5. The van der Waals surface area contributed by atoms with Crippen LogP contribution in [0.5, 0.6) is 0 Å². The fourth-order valence-electron chi connectivity index (χ4n) is 1.23. The van der Waals surface area contributed by atoms with Crippen LogP contribution in [0.2, 0.25) is 0 Å². The molecule has 0 amide bonds. The van der Waals surface area contributed by atoms with E-state index >= 15 is 0 Å². The maximum absolute atomic E-state index is 12.8. The van der Waals surface area contributed by atoms with Crippen molar-refractivity contribution in [1.82, 2.24) is 4.98 Å². The zero-order valence-corrected chi connectivity index (χ0v) is 9.98. The SMILES string of the molecule is COCCOCCNc1ncc(F)cc1C(=O)O. The van der Waals surface area contributed by atoms with Gasteiger partial charge in [-0.15, -0.1) is 0 Å². The van der Waals surface area contributed by atoms with E-state index < -0.39 is 11.8 Å². The molecular formula is C11H15FN2O4. The number of anilines is 1. The first kappa shape index (κ1) is 14.3. The highest BCUT2D eigenvalue weighted by molar-refractivity contribution is 5.93. The van der Waals surface area contributed by atoms with Gasteiger partial charge in [0.2, 0.25) is 0 Å². The van der Waals surface area contributed by atoms with Gasteiger partial charge in [-0.05, 0) is 6.07 Å². The van der Waals surface area contributed by atoms with Crippen molar-refractivity contribution in [3.63, 3.8) is 0 Å². The van der Waals surface area contributed by atoms with Crippen molar-refractivity contribution in [3.8, 4) is 0 Å². The summed E-state index contributed by atoms with van der Waals surface area (Å²) in [5.41, 5.74) is -0.202. The lowest BCUT2D eigenvalue weighted by Crippen LogP contribution is -2.15. The Balaban J connectivity index is 2.44. The number of aromatic nitrogens is 1. The molecule has 100 valence electrons. The van der Waals surface area contributed by atoms with Gasteiger partial charge >= 0.3 is 5.97 Å². The van der Waals surface area contributed by atoms with Gasteiger partial charge in [0, 0.05) is 13.7 Å². The molecule has 1 aromatic heterocycles. The Kier molecular flexibility index (Phi) is 6.03. The number of hydrogen-bond donors (Lipinski definition) is 2. The molecule has 0 radical (unpaired) electrons. The van der Waals surface area contributed by atoms with Gasteiger partial charge in [-0.3, -0.25) is 0 Å². The highest BCUT2D eigenvalue weighted by Crippen LogP contribution is 2.13. The maximum atomic E-state index is 12.8. The van der Waals surface area contributed by atoms with E-state index in [9.17, 15) is 9.18 Å². The average Bonchev–Trinajstić information content (AvgIpc) is 2.35. The highest BCUT2D eigenvalue weighted by atomic mass is 19.1. The van der Waals surface area contributed by atoms with Gasteiger partial charge in [0.1, 0.15) is 17.2 Å². The second-order valence-corrected chi connectivity index (χ2v) is 3.39. The first-order valence-corrected chi connectivity index (χ1v) is 5.34. The fraction of sp³-hybridized carbons (Fsp3) is 0.455. The van der Waals surface area contributed by atoms with Gasteiger partial charge < -0.3 is 19.9 Å². The molecule has 0 aliphatic heterocycles. The summed E-state index contributed by atoms with van der Waals surface area (Å²) in [5.74, 6) is -1.79. The Morgan fingerprint density at radius 3 is 2.94 bits per heavy atom. The maximum Gasteiger partial charge on any atom is 0.339 e. The lowest BCUT2D eigenvalue weighted by atomic mass is 10.2. The van der Waals surface area contributed by atoms with E-state index in [0.717, 1.165) is 12.3 Å². The molecule has 7 heteroatoms. The first-order chi connectivity index (χ1) is 8.65. The van der Waals surface area contributed by atoms with E-state index in [0.29, 0.717) is 26.4 Å². The number of ether oxygens (including phenoxy) is 2. The number of nitrogens with one attached hydrogen (secondary N) is 1. The highest BCUT2D eigenvalue weighted by Gasteiger charge is 2.12. The summed E-state index contributed by atoms with van der Waals surface area (Å²) in [4.78, 5) is 14.5. The standard InChI is InChI=1S/C11H15FN2O4/c1-17-4-5-18-3-2-13-10-9(11(15)16)6-8(12)7-14-10/h6-7H,2-5H2,1H3,(H,13,14)(H,15,16). The van der Waals surface area contributed by atoms with Crippen molar-refractivity contribution in [2.24, 2.45) is 0 Å². The predicted molar refractivity (Wildman–Crippen MR) is 62.3 cm³/mol. The zero-order chi connectivity index (χ0) is 13.4. The van der Waals surface area contributed by atoms with Crippen molar-refractivity contribution < 1.29 is 23.8 Å². The minimum atomic E-state index is -1.23. The van der Waals surface area contributed by atoms with Crippen LogP contribution < -0.4 is 5.32 Å². The number of pyridine rings is 1. The van der Waals surface area contributed by atoms with E-state index in [1.54, 1.807) is 7.11 Å². The molecule has 18 heavy (non-hydrogen) atoms. The number of methoxy groups -OCH3 is 1. The quantitative estimate of drug-likeness (QED) is 0.677. The summed E-state index contributed by atoms with van der Waals surface area (Å²) < 4.78 is 22.8. The minimum absolute atomic E-state index is 0.124. The molecule has 0 unspecified atom stereocenters. The third-order valence-electron chi connectivity index (χ3n) is 2.06. The monoisotopic (exact) mass is 258 g/mol. The smallest absolute Gasteiger partial charge is 0.339 e. The Hall–Kier alpha value is -1.73. The molecule has 0 spiro atoms. The van der Waals surface area contributed by atoms with Crippen LogP contribution in [0.25, 0.3) is 0 Å². The molecule has 0 aliphatic carbocycles. The number of halogens is 1. The number of aromatic carboxylic acids is 1. The summed E-state index contributed by atoms with van der Waals surface area (Å²) in [6, 6.07) is 0.920. The van der Waals surface area contributed by atoms with Crippen LogP contribution in [0.4, 0.5) is 10.2 Å². The number of carbonyl (C=O) groups is 1. The lowest BCUT2D eigenvalue weighted by Gasteiger charge is -2.08. The van der Waals surface area contributed by atoms with Crippen LogP contribution in [0, 0.1) is 5.82 Å². The van der Waals surface area contributed by atoms with Crippen LogP contribution in [0.1, 0.15) is 10.4 Å². The molecule has 0 atom stereocenters. The van der Waals surface area contributed by atoms with Crippen LogP contribution >= 0.6 is 0 Å². The molecule has 1 heterocycles. The van der Waals surface area contributed by atoms with Gasteiger partial charge in [0.25, 0.3) is 0 Å². The third-order valence-corrected chi connectivity index (χ3v) is 2.06. The van der Waals surface area contributed by atoms with Gasteiger partial charge in [0.05, 0.1) is 26.0 Å². The molecule has 2 N–H and O–H groups in total. The van der Waals surface area contributed by atoms with Crippen molar-refractivity contribution in [1.29, 1.82) is 0 Å². The summed E-state index contributed by atoms with van der Waals surface area (Å²) >= 11 is 0. The number of carboxylic acid groups (broad SMARTS) is 1. The number of carboxylic acids is 1. The van der Waals surface area contributed by atoms with Crippen molar-refractivity contribution in [2.45, 2.75) is 0 Å². The largest absolute Gasteiger partial charge is 0.478 e. The Morgan fingerprint density at radius 1 is 1.50 bits per heavy atom. The summed E-state index contributed by atoms with van der Waals surface area (Å²) in [6.45, 7) is 1.71.